The molecule has 0 radical (unpaired) electrons. The molecule has 0 aliphatic carbocycles. The molecule has 0 fully saturated rings. The smallest absolute Gasteiger partial charge is 0.266 e. The molecule has 2 N–H and O–H groups in total. The van der Waals surface area contributed by atoms with Gasteiger partial charge in [-0.2, -0.15) is 0 Å². The Hall–Kier alpha value is -3.11. The summed E-state index contributed by atoms with van der Waals surface area (Å²) in [5.41, 5.74) is 4.71. The number of aromatic nitrogens is 4. The number of carbonyl (C=O) groups excluding carboxylic acids is 1. The van der Waals surface area contributed by atoms with Crippen LogP contribution in [0.15, 0.2) is 53.7 Å². The predicted octanol–water partition coefficient (Wildman–Crippen LogP) is 0.902. The molecule has 0 aliphatic heterocycles. The van der Waals surface area contributed by atoms with Gasteiger partial charge in [0.15, 0.2) is 0 Å². The monoisotopic (exact) mass is 372 g/mol. The first-order chi connectivity index (χ1) is 12.4. The number of tetrazole rings is 1. The predicted molar refractivity (Wildman–Crippen MR) is 92.9 cm³/mol. The Kier molecular flexibility index (Phi) is 4.78. The van der Waals surface area contributed by atoms with Crippen molar-refractivity contribution in [3.63, 3.8) is 0 Å². The first-order valence-corrected chi connectivity index (χ1v) is 9.08. The van der Waals surface area contributed by atoms with E-state index < -0.39 is 15.9 Å². The number of sulfonamides is 1. The van der Waals surface area contributed by atoms with Crippen molar-refractivity contribution >= 4 is 15.9 Å². The van der Waals surface area contributed by atoms with Crippen molar-refractivity contribution in [2.24, 2.45) is 0 Å². The van der Waals surface area contributed by atoms with E-state index in [-0.39, 0.29) is 10.5 Å². The number of rotatable bonds is 5. The van der Waals surface area contributed by atoms with E-state index in [2.05, 4.69) is 25.8 Å². The van der Waals surface area contributed by atoms with Gasteiger partial charge in [0.05, 0.1) is 10.6 Å². The minimum Gasteiger partial charge on any atom is -0.273 e. The topological polar surface area (TPSA) is 119 Å². The van der Waals surface area contributed by atoms with Gasteiger partial charge in [-0.15, -0.1) is 9.93 Å². The van der Waals surface area contributed by atoms with Crippen molar-refractivity contribution in [1.82, 2.24) is 30.5 Å². The fraction of sp³-hybridized carbons (Fsp3) is 0.125. The van der Waals surface area contributed by atoms with Crippen molar-refractivity contribution in [3.05, 3.63) is 65.5 Å². The van der Waals surface area contributed by atoms with Crippen LogP contribution in [0, 0.1) is 13.8 Å². The van der Waals surface area contributed by atoms with Crippen LogP contribution in [0.5, 0.6) is 0 Å². The van der Waals surface area contributed by atoms with Gasteiger partial charge in [-0.1, -0.05) is 17.7 Å². The maximum atomic E-state index is 12.4. The van der Waals surface area contributed by atoms with Crippen molar-refractivity contribution in [2.75, 3.05) is 0 Å². The molecule has 26 heavy (non-hydrogen) atoms. The molecule has 3 rings (SSSR count). The van der Waals surface area contributed by atoms with Gasteiger partial charge in [0.2, 0.25) is 0 Å². The Bertz CT molecular complexity index is 1030. The van der Waals surface area contributed by atoms with Gasteiger partial charge >= 0.3 is 0 Å². The van der Waals surface area contributed by atoms with Crippen LogP contribution in [0.2, 0.25) is 0 Å². The number of amides is 1. The van der Waals surface area contributed by atoms with Gasteiger partial charge in [0.25, 0.3) is 15.9 Å². The highest BCUT2D eigenvalue weighted by atomic mass is 32.2. The SMILES string of the molecule is Cc1ccc(S(=O)(=O)NNC(=O)c2ccc(-n3cnnn3)cc2)c(C)c1. The number of hydrogen-bond acceptors (Lipinski definition) is 6. The fourth-order valence-electron chi connectivity index (χ4n) is 2.39. The second kappa shape index (κ2) is 7.02. The largest absolute Gasteiger partial charge is 0.273 e. The van der Waals surface area contributed by atoms with Gasteiger partial charge in [-0.25, -0.2) is 13.1 Å². The van der Waals surface area contributed by atoms with Crippen molar-refractivity contribution < 1.29 is 13.2 Å². The highest BCUT2D eigenvalue weighted by Gasteiger charge is 2.18. The summed E-state index contributed by atoms with van der Waals surface area (Å²) in [6, 6.07) is 11.3. The Balaban J connectivity index is 1.70. The first kappa shape index (κ1) is 17.7. The van der Waals surface area contributed by atoms with E-state index in [9.17, 15) is 13.2 Å². The molecule has 0 aliphatic rings. The summed E-state index contributed by atoms with van der Waals surface area (Å²) < 4.78 is 26.2. The molecule has 0 bridgehead atoms. The molecule has 1 amide bonds. The number of hydrogen-bond donors (Lipinski definition) is 2. The molecule has 0 saturated carbocycles. The molecular formula is C16H16N6O3S. The quantitative estimate of drug-likeness (QED) is 0.643. The summed E-state index contributed by atoms with van der Waals surface area (Å²) in [5, 5.41) is 10.8. The summed E-state index contributed by atoms with van der Waals surface area (Å²) in [7, 11) is -3.87. The summed E-state index contributed by atoms with van der Waals surface area (Å²) >= 11 is 0. The molecule has 0 spiro atoms. The average Bonchev–Trinajstić information content (AvgIpc) is 3.14. The maximum absolute atomic E-state index is 12.4. The van der Waals surface area contributed by atoms with E-state index in [1.54, 1.807) is 31.2 Å². The summed E-state index contributed by atoms with van der Waals surface area (Å²) in [5.74, 6) is -0.582. The maximum Gasteiger partial charge on any atom is 0.266 e. The van der Waals surface area contributed by atoms with E-state index in [4.69, 9.17) is 0 Å². The van der Waals surface area contributed by atoms with Crippen LogP contribution in [0.4, 0.5) is 0 Å². The summed E-state index contributed by atoms with van der Waals surface area (Å²) in [4.78, 5) is 14.4. The molecule has 9 nitrogen and oxygen atoms in total. The van der Waals surface area contributed by atoms with E-state index >= 15 is 0 Å². The zero-order chi connectivity index (χ0) is 18.7. The second-order valence-electron chi connectivity index (χ2n) is 5.63. The lowest BCUT2D eigenvalue weighted by Gasteiger charge is -2.11. The number of nitrogens with one attached hydrogen (secondary N) is 2. The zero-order valence-corrected chi connectivity index (χ0v) is 14.9. The molecule has 10 heteroatoms. The first-order valence-electron chi connectivity index (χ1n) is 7.60. The van der Waals surface area contributed by atoms with Crippen LogP contribution in [0.3, 0.4) is 0 Å². The Labute approximate surface area is 150 Å². The van der Waals surface area contributed by atoms with Crippen molar-refractivity contribution in [2.45, 2.75) is 18.7 Å². The molecule has 0 atom stereocenters. The number of carbonyl (C=O) groups is 1. The molecule has 0 saturated heterocycles. The van der Waals surface area contributed by atoms with Gasteiger partial charge in [0, 0.05) is 5.56 Å². The Morgan fingerprint density at radius 2 is 1.81 bits per heavy atom. The van der Waals surface area contributed by atoms with E-state index in [1.807, 2.05) is 6.92 Å². The van der Waals surface area contributed by atoms with E-state index in [0.717, 1.165) is 5.56 Å². The van der Waals surface area contributed by atoms with Crippen molar-refractivity contribution in [3.8, 4) is 5.69 Å². The van der Waals surface area contributed by atoms with Crippen LogP contribution in [-0.2, 0) is 10.0 Å². The van der Waals surface area contributed by atoms with Gasteiger partial charge in [0.1, 0.15) is 6.33 Å². The number of benzene rings is 2. The highest BCUT2D eigenvalue weighted by molar-refractivity contribution is 7.89. The lowest BCUT2D eigenvalue weighted by Crippen LogP contribution is -2.41. The van der Waals surface area contributed by atoms with E-state index in [0.29, 0.717) is 11.3 Å². The second-order valence-corrected chi connectivity index (χ2v) is 7.28. The van der Waals surface area contributed by atoms with Crippen LogP contribution < -0.4 is 10.3 Å². The highest BCUT2D eigenvalue weighted by Crippen LogP contribution is 2.15. The lowest BCUT2D eigenvalue weighted by molar-refractivity contribution is 0.0945. The van der Waals surface area contributed by atoms with Gasteiger partial charge < -0.3 is 0 Å². The third kappa shape index (κ3) is 3.76. The summed E-state index contributed by atoms with van der Waals surface area (Å²) in [6.45, 7) is 3.57. The van der Waals surface area contributed by atoms with Gasteiger partial charge in [-0.05, 0) is 60.2 Å². The average molecular weight is 372 g/mol. The molecular weight excluding hydrogens is 356 g/mol. The summed E-state index contributed by atoms with van der Waals surface area (Å²) in [6.07, 6.45) is 1.42. The zero-order valence-electron chi connectivity index (χ0n) is 14.0. The Morgan fingerprint density at radius 1 is 1.08 bits per heavy atom. The molecule has 3 aromatic rings. The van der Waals surface area contributed by atoms with Crippen LogP contribution >= 0.6 is 0 Å². The third-order valence-corrected chi connectivity index (χ3v) is 5.07. The molecule has 1 aromatic heterocycles. The number of hydrazine groups is 1. The van der Waals surface area contributed by atoms with Crippen LogP contribution in [0.25, 0.3) is 5.69 Å². The molecule has 1 heterocycles. The lowest BCUT2D eigenvalue weighted by atomic mass is 10.2. The number of nitrogens with zero attached hydrogens (tertiary/aromatic N) is 4. The molecule has 2 aromatic carbocycles. The molecule has 0 unspecified atom stereocenters. The Morgan fingerprint density at radius 3 is 2.42 bits per heavy atom. The standard InChI is InChI=1S/C16H16N6O3S/c1-11-3-8-15(12(2)9-11)26(24,25)21-18-16(23)13-4-6-14(7-5-13)22-10-17-19-20-22/h3-10,21H,1-2H3,(H,18,23). The molecule has 134 valence electrons. The van der Waals surface area contributed by atoms with Crippen LogP contribution in [-0.4, -0.2) is 34.5 Å². The van der Waals surface area contributed by atoms with Gasteiger partial charge in [-0.3, -0.25) is 10.2 Å². The van der Waals surface area contributed by atoms with Crippen molar-refractivity contribution in [1.29, 1.82) is 0 Å². The normalized spacial score (nSPS) is 11.3. The van der Waals surface area contributed by atoms with Crippen LogP contribution in [0.1, 0.15) is 21.5 Å². The number of aryl methyl sites for hydroxylation is 2. The fourth-order valence-corrected chi connectivity index (χ4v) is 3.45. The minimum absolute atomic E-state index is 0.109. The third-order valence-electron chi connectivity index (χ3n) is 3.66. The minimum atomic E-state index is -3.87. The van der Waals surface area contributed by atoms with E-state index in [1.165, 1.54) is 29.2 Å².